The molecule has 2 heterocycles. The molecule has 1 N–H and O–H groups in total. The summed E-state index contributed by atoms with van der Waals surface area (Å²) in [7, 11) is 2.07. The number of thioether (sulfide) groups is 1. The molecule has 3 nitrogen and oxygen atoms in total. The Labute approximate surface area is 101 Å². The minimum Gasteiger partial charge on any atom is -0.389 e. The summed E-state index contributed by atoms with van der Waals surface area (Å²) in [6, 6.07) is 4.38. The molecule has 0 radical (unpaired) electrons. The fourth-order valence-electron chi connectivity index (χ4n) is 2.03. The first-order valence-corrected chi connectivity index (χ1v) is 6.79. The number of nitrogens with zero attached hydrogens (tertiary/aromatic N) is 2. The zero-order valence-corrected chi connectivity index (χ0v) is 10.6. The van der Waals surface area contributed by atoms with Crippen molar-refractivity contribution in [2.45, 2.75) is 25.5 Å². The van der Waals surface area contributed by atoms with Crippen molar-refractivity contribution >= 4 is 17.6 Å². The van der Waals surface area contributed by atoms with E-state index in [1.807, 2.05) is 23.9 Å². The summed E-state index contributed by atoms with van der Waals surface area (Å²) in [6.45, 7) is 1.79. The second-order valence-electron chi connectivity index (χ2n) is 4.22. The highest BCUT2D eigenvalue weighted by Gasteiger charge is 2.23. The number of aliphatic hydroxyl groups excluding tert-OH is 1. The van der Waals surface area contributed by atoms with E-state index in [4.69, 9.17) is 0 Å². The first kappa shape index (κ1) is 11.7. The lowest BCUT2D eigenvalue weighted by atomic mass is 10.1. The van der Waals surface area contributed by atoms with Gasteiger partial charge in [0.05, 0.1) is 6.10 Å². The number of pyridine rings is 1. The van der Waals surface area contributed by atoms with Crippen molar-refractivity contribution in [1.82, 2.24) is 4.98 Å². The van der Waals surface area contributed by atoms with Crippen molar-refractivity contribution in [2.75, 3.05) is 23.5 Å². The van der Waals surface area contributed by atoms with Gasteiger partial charge in [0.2, 0.25) is 0 Å². The molecular weight excluding hydrogens is 220 g/mol. The zero-order chi connectivity index (χ0) is 11.5. The number of hydrogen-bond donors (Lipinski definition) is 1. The van der Waals surface area contributed by atoms with E-state index < -0.39 is 6.10 Å². The summed E-state index contributed by atoms with van der Waals surface area (Å²) in [6.07, 6.45) is 2.54. The summed E-state index contributed by atoms with van der Waals surface area (Å²) < 4.78 is 0. The fourth-order valence-corrected chi connectivity index (χ4v) is 3.30. The lowest BCUT2D eigenvalue weighted by Gasteiger charge is -2.27. The Kier molecular flexibility index (Phi) is 3.71. The van der Waals surface area contributed by atoms with E-state index in [-0.39, 0.29) is 0 Å². The first-order valence-electron chi connectivity index (χ1n) is 5.63. The minimum absolute atomic E-state index is 0.458. The van der Waals surface area contributed by atoms with Gasteiger partial charge in [-0.1, -0.05) is 6.07 Å². The largest absolute Gasteiger partial charge is 0.389 e. The van der Waals surface area contributed by atoms with E-state index in [0.717, 1.165) is 17.1 Å². The normalized spacial score (nSPS) is 22.1. The van der Waals surface area contributed by atoms with Crippen LogP contribution in [0.4, 0.5) is 5.82 Å². The maximum Gasteiger partial charge on any atom is 0.134 e. The molecule has 0 amide bonds. The molecule has 1 fully saturated rings. The Morgan fingerprint density at radius 1 is 1.62 bits per heavy atom. The third kappa shape index (κ3) is 2.33. The Morgan fingerprint density at radius 2 is 2.44 bits per heavy atom. The van der Waals surface area contributed by atoms with Crippen LogP contribution < -0.4 is 4.90 Å². The van der Waals surface area contributed by atoms with Crippen molar-refractivity contribution in [1.29, 1.82) is 0 Å². The SMILES string of the molecule is CC(O)c1cccnc1N(C)C1CCSC1. The number of hydrogen-bond acceptors (Lipinski definition) is 4. The van der Waals surface area contributed by atoms with Gasteiger partial charge in [0, 0.05) is 30.6 Å². The Morgan fingerprint density at radius 3 is 3.06 bits per heavy atom. The number of anilines is 1. The molecule has 0 aromatic carbocycles. The predicted molar refractivity (Wildman–Crippen MR) is 69.0 cm³/mol. The van der Waals surface area contributed by atoms with Gasteiger partial charge in [-0.3, -0.25) is 0 Å². The van der Waals surface area contributed by atoms with Crippen LogP contribution in [0.2, 0.25) is 0 Å². The molecule has 1 aromatic rings. The van der Waals surface area contributed by atoms with Crippen LogP contribution in [0.15, 0.2) is 18.3 Å². The van der Waals surface area contributed by atoms with Gasteiger partial charge < -0.3 is 10.0 Å². The monoisotopic (exact) mass is 238 g/mol. The van der Waals surface area contributed by atoms with Gasteiger partial charge >= 0.3 is 0 Å². The highest BCUT2D eigenvalue weighted by atomic mass is 32.2. The number of aliphatic hydroxyl groups is 1. The number of rotatable bonds is 3. The van der Waals surface area contributed by atoms with Crippen molar-refractivity contribution in [3.8, 4) is 0 Å². The minimum atomic E-state index is -0.458. The van der Waals surface area contributed by atoms with Gasteiger partial charge in [-0.2, -0.15) is 11.8 Å². The second kappa shape index (κ2) is 5.06. The molecule has 2 rings (SSSR count). The van der Waals surface area contributed by atoms with Gasteiger partial charge in [0.1, 0.15) is 5.82 Å². The summed E-state index contributed by atoms with van der Waals surface area (Å²) in [5.41, 5.74) is 0.918. The van der Waals surface area contributed by atoms with Gasteiger partial charge in [-0.05, 0) is 25.2 Å². The molecule has 2 atom stereocenters. The molecular formula is C12H18N2OS. The second-order valence-corrected chi connectivity index (χ2v) is 5.37. The van der Waals surface area contributed by atoms with Crippen LogP contribution in [-0.4, -0.2) is 34.7 Å². The van der Waals surface area contributed by atoms with Gasteiger partial charge in [-0.15, -0.1) is 0 Å². The molecule has 1 aromatic heterocycles. The molecule has 1 saturated heterocycles. The highest BCUT2D eigenvalue weighted by molar-refractivity contribution is 7.99. The van der Waals surface area contributed by atoms with E-state index in [0.29, 0.717) is 6.04 Å². The highest BCUT2D eigenvalue weighted by Crippen LogP contribution is 2.29. The van der Waals surface area contributed by atoms with Gasteiger partial charge in [0.15, 0.2) is 0 Å². The maximum absolute atomic E-state index is 9.72. The average Bonchev–Trinajstić information content (AvgIpc) is 2.81. The molecule has 16 heavy (non-hydrogen) atoms. The topological polar surface area (TPSA) is 36.4 Å². The standard InChI is InChI=1S/C12H18N2OS/c1-9(15)11-4-3-6-13-12(11)14(2)10-5-7-16-8-10/h3-4,6,9-10,15H,5,7-8H2,1-2H3. The van der Waals surface area contributed by atoms with E-state index in [1.165, 1.54) is 12.2 Å². The molecule has 88 valence electrons. The summed E-state index contributed by atoms with van der Waals surface area (Å²) in [5, 5.41) is 9.72. The van der Waals surface area contributed by atoms with E-state index >= 15 is 0 Å². The quantitative estimate of drug-likeness (QED) is 0.874. The first-order chi connectivity index (χ1) is 7.70. The van der Waals surface area contributed by atoms with Crippen LogP contribution in [0, 0.1) is 0 Å². The lowest BCUT2D eigenvalue weighted by molar-refractivity contribution is 0.199. The van der Waals surface area contributed by atoms with Gasteiger partial charge in [0.25, 0.3) is 0 Å². The van der Waals surface area contributed by atoms with E-state index in [9.17, 15) is 5.11 Å². The molecule has 0 saturated carbocycles. The molecule has 4 heteroatoms. The summed E-state index contributed by atoms with van der Waals surface area (Å²) in [4.78, 5) is 6.61. The molecule has 0 bridgehead atoms. The van der Waals surface area contributed by atoms with Crippen LogP contribution in [0.1, 0.15) is 25.0 Å². The van der Waals surface area contributed by atoms with Crippen LogP contribution in [0.3, 0.4) is 0 Å². The lowest BCUT2D eigenvalue weighted by Crippen LogP contribution is -2.32. The van der Waals surface area contributed by atoms with Crippen molar-refractivity contribution < 1.29 is 5.11 Å². The third-order valence-corrected chi connectivity index (χ3v) is 4.20. The summed E-state index contributed by atoms with van der Waals surface area (Å²) in [5.74, 6) is 3.31. The Hall–Kier alpha value is -0.740. The van der Waals surface area contributed by atoms with Crippen LogP contribution >= 0.6 is 11.8 Å². The van der Waals surface area contributed by atoms with Crippen LogP contribution in [0.25, 0.3) is 0 Å². The third-order valence-electron chi connectivity index (χ3n) is 3.05. The van der Waals surface area contributed by atoms with Crippen LogP contribution in [-0.2, 0) is 0 Å². The van der Waals surface area contributed by atoms with E-state index in [1.54, 1.807) is 13.1 Å². The van der Waals surface area contributed by atoms with Crippen LogP contribution in [0.5, 0.6) is 0 Å². The molecule has 1 aliphatic rings. The predicted octanol–water partition coefficient (Wildman–Crippen LogP) is 2.08. The number of aromatic nitrogens is 1. The Balaban J connectivity index is 2.24. The fraction of sp³-hybridized carbons (Fsp3) is 0.583. The molecule has 0 aliphatic carbocycles. The van der Waals surface area contributed by atoms with Crippen molar-refractivity contribution in [3.05, 3.63) is 23.9 Å². The zero-order valence-electron chi connectivity index (χ0n) is 9.76. The molecule has 2 unspecified atom stereocenters. The molecule has 1 aliphatic heterocycles. The molecule has 0 spiro atoms. The summed E-state index contributed by atoms with van der Waals surface area (Å²) >= 11 is 1.99. The van der Waals surface area contributed by atoms with E-state index in [2.05, 4.69) is 16.9 Å². The maximum atomic E-state index is 9.72. The van der Waals surface area contributed by atoms with Gasteiger partial charge in [-0.25, -0.2) is 4.98 Å². The smallest absolute Gasteiger partial charge is 0.134 e. The van der Waals surface area contributed by atoms with Crippen molar-refractivity contribution in [2.24, 2.45) is 0 Å². The average molecular weight is 238 g/mol. The Bertz CT molecular complexity index is 351. The van der Waals surface area contributed by atoms with Crippen molar-refractivity contribution in [3.63, 3.8) is 0 Å².